The zero-order chi connectivity index (χ0) is 15.9. The lowest BCUT2D eigenvalue weighted by Gasteiger charge is -2.12. The second-order valence-corrected chi connectivity index (χ2v) is 6.64. The van der Waals surface area contributed by atoms with Crippen molar-refractivity contribution in [3.05, 3.63) is 23.8 Å². The highest BCUT2D eigenvalue weighted by Gasteiger charge is 2.19. The number of sulfonamides is 1. The molecule has 1 rings (SSSR count). The highest BCUT2D eigenvalue weighted by molar-refractivity contribution is 7.89. The van der Waals surface area contributed by atoms with Gasteiger partial charge < -0.3 is 9.84 Å². The maximum atomic E-state index is 12.3. The van der Waals surface area contributed by atoms with Crippen LogP contribution in [0.5, 0.6) is 5.75 Å². The Morgan fingerprint density at radius 3 is 2.67 bits per heavy atom. The van der Waals surface area contributed by atoms with E-state index in [2.05, 4.69) is 16.6 Å². The summed E-state index contributed by atoms with van der Waals surface area (Å²) < 4.78 is 32.3. The minimum Gasteiger partial charge on any atom is -0.495 e. The summed E-state index contributed by atoms with van der Waals surface area (Å²) in [5.74, 6) is 5.85. The van der Waals surface area contributed by atoms with Crippen LogP contribution in [0.2, 0.25) is 0 Å². The van der Waals surface area contributed by atoms with Crippen molar-refractivity contribution in [3.63, 3.8) is 0 Å². The molecule has 0 radical (unpaired) electrons. The fourth-order valence-electron chi connectivity index (χ4n) is 1.67. The minimum atomic E-state index is -3.65. The van der Waals surface area contributed by atoms with E-state index in [1.807, 2.05) is 13.8 Å². The molecule has 0 aliphatic heterocycles. The predicted molar refractivity (Wildman–Crippen MR) is 81.6 cm³/mol. The van der Waals surface area contributed by atoms with Gasteiger partial charge in [-0.2, -0.15) is 0 Å². The Morgan fingerprint density at radius 2 is 2.10 bits per heavy atom. The summed E-state index contributed by atoms with van der Waals surface area (Å²) in [5.41, 5.74) is 0.508. The Labute approximate surface area is 126 Å². The lowest BCUT2D eigenvalue weighted by molar-refractivity contribution is 0.350. The molecule has 5 nitrogen and oxygen atoms in total. The number of aliphatic hydroxyl groups excluding tert-OH is 1. The molecule has 0 saturated carbocycles. The van der Waals surface area contributed by atoms with Crippen molar-refractivity contribution in [1.82, 2.24) is 4.72 Å². The maximum absolute atomic E-state index is 12.3. The van der Waals surface area contributed by atoms with E-state index >= 15 is 0 Å². The Morgan fingerprint density at radius 1 is 1.38 bits per heavy atom. The number of methoxy groups -OCH3 is 1. The molecule has 21 heavy (non-hydrogen) atoms. The van der Waals surface area contributed by atoms with Crippen molar-refractivity contribution in [3.8, 4) is 17.6 Å². The third-order valence-corrected chi connectivity index (χ3v) is 4.26. The third kappa shape index (κ3) is 5.38. The van der Waals surface area contributed by atoms with Gasteiger partial charge >= 0.3 is 0 Å². The van der Waals surface area contributed by atoms with Crippen LogP contribution in [0.15, 0.2) is 23.1 Å². The molecule has 0 heterocycles. The van der Waals surface area contributed by atoms with Gasteiger partial charge in [0.15, 0.2) is 0 Å². The number of ether oxygens (including phenoxy) is 1. The van der Waals surface area contributed by atoms with Crippen molar-refractivity contribution >= 4 is 10.0 Å². The summed E-state index contributed by atoms with van der Waals surface area (Å²) >= 11 is 0. The van der Waals surface area contributed by atoms with E-state index in [1.165, 1.54) is 13.2 Å². The highest BCUT2D eigenvalue weighted by atomic mass is 32.2. The second-order valence-electron chi connectivity index (χ2n) is 4.91. The van der Waals surface area contributed by atoms with E-state index in [0.29, 0.717) is 18.0 Å². The van der Waals surface area contributed by atoms with Gasteiger partial charge in [-0.15, -0.1) is 0 Å². The molecule has 0 saturated heterocycles. The first-order valence-corrected chi connectivity index (χ1v) is 8.16. The fourth-order valence-corrected chi connectivity index (χ4v) is 2.91. The molecule has 0 spiro atoms. The number of nitrogens with one attached hydrogen (secondary N) is 1. The van der Waals surface area contributed by atoms with E-state index in [4.69, 9.17) is 9.84 Å². The first-order valence-electron chi connectivity index (χ1n) is 6.68. The van der Waals surface area contributed by atoms with Crippen LogP contribution in [0, 0.1) is 17.8 Å². The Hall–Kier alpha value is -1.55. The van der Waals surface area contributed by atoms with E-state index in [-0.39, 0.29) is 17.3 Å². The van der Waals surface area contributed by atoms with Crippen molar-refractivity contribution in [2.75, 3.05) is 20.3 Å². The van der Waals surface area contributed by atoms with Gasteiger partial charge in [0.1, 0.15) is 17.3 Å². The molecule has 0 bridgehead atoms. The maximum Gasteiger partial charge on any atom is 0.244 e. The summed E-state index contributed by atoms with van der Waals surface area (Å²) in [6.45, 7) is 4.15. The van der Waals surface area contributed by atoms with E-state index in [9.17, 15) is 8.42 Å². The molecule has 1 aromatic rings. The van der Waals surface area contributed by atoms with Crippen LogP contribution < -0.4 is 9.46 Å². The zero-order valence-electron chi connectivity index (χ0n) is 12.5. The molecule has 0 aliphatic rings. The number of rotatable bonds is 6. The second kappa shape index (κ2) is 8.03. The Balaban J connectivity index is 3.07. The first kappa shape index (κ1) is 17.5. The van der Waals surface area contributed by atoms with Crippen LogP contribution in [0.4, 0.5) is 0 Å². The molecule has 0 atom stereocenters. The molecule has 0 aliphatic carbocycles. The van der Waals surface area contributed by atoms with Crippen LogP contribution >= 0.6 is 0 Å². The van der Waals surface area contributed by atoms with E-state index in [1.54, 1.807) is 12.1 Å². The van der Waals surface area contributed by atoms with Crippen LogP contribution in [0.25, 0.3) is 0 Å². The number of hydrogen-bond donors (Lipinski definition) is 2. The Kier molecular flexibility index (Phi) is 6.69. The van der Waals surface area contributed by atoms with E-state index in [0.717, 1.165) is 6.42 Å². The van der Waals surface area contributed by atoms with Gasteiger partial charge in [-0.05, 0) is 30.5 Å². The average Bonchev–Trinajstić information content (AvgIpc) is 2.44. The lowest BCUT2D eigenvalue weighted by atomic mass is 10.1. The summed E-state index contributed by atoms with van der Waals surface area (Å²) in [6.07, 6.45) is 0.756. The van der Waals surface area contributed by atoms with Gasteiger partial charge in [0.25, 0.3) is 0 Å². The van der Waals surface area contributed by atoms with Crippen molar-refractivity contribution in [2.24, 2.45) is 5.92 Å². The fraction of sp³-hybridized carbons (Fsp3) is 0.467. The highest BCUT2D eigenvalue weighted by Crippen LogP contribution is 2.24. The topological polar surface area (TPSA) is 75.6 Å². The SMILES string of the molecule is COc1ccc(C#CCO)cc1S(=O)(=O)NCCC(C)C. The average molecular weight is 311 g/mol. The molecule has 0 amide bonds. The first-order chi connectivity index (χ1) is 9.90. The normalized spacial score (nSPS) is 11.1. The van der Waals surface area contributed by atoms with Gasteiger partial charge in [-0.1, -0.05) is 25.7 Å². The van der Waals surface area contributed by atoms with Crippen LogP contribution in [-0.4, -0.2) is 33.8 Å². The molecule has 116 valence electrons. The lowest BCUT2D eigenvalue weighted by Crippen LogP contribution is -2.26. The van der Waals surface area contributed by atoms with E-state index < -0.39 is 10.0 Å². The predicted octanol–water partition coefficient (Wildman–Crippen LogP) is 1.36. The van der Waals surface area contributed by atoms with Gasteiger partial charge in [-0.3, -0.25) is 0 Å². The summed E-state index contributed by atoms with van der Waals surface area (Å²) in [5, 5.41) is 8.70. The van der Waals surface area contributed by atoms with Crippen LogP contribution in [-0.2, 0) is 10.0 Å². The molecular formula is C15H21NO4S. The quantitative estimate of drug-likeness (QED) is 0.778. The zero-order valence-corrected chi connectivity index (χ0v) is 13.3. The molecule has 2 N–H and O–H groups in total. The smallest absolute Gasteiger partial charge is 0.244 e. The van der Waals surface area contributed by atoms with Crippen LogP contribution in [0.3, 0.4) is 0 Å². The van der Waals surface area contributed by atoms with Crippen molar-refractivity contribution in [2.45, 2.75) is 25.2 Å². The van der Waals surface area contributed by atoms with Crippen molar-refractivity contribution < 1.29 is 18.3 Å². The third-order valence-electron chi connectivity index (χ3n) is 2.78. The number of aliphatic hydroxyl groups is 1. The molecule has 1 aromatic carbocycles. The van der Waals surface area contributed by atoms with Crippen molar-refractivity contribution in [1.29, 1.82) is 0 Å². The molecule has 0 aromatic heterocycles. The molecule has 6 heteroatoms. The summed E-state index contributed by atoms with van der Waals surface area (Å²) in [6, 6.07) is 4.65. The monoisotopic (exact) mass is 311 g/mol. The summed E-state index contributed by atoms with van der Waals surface area (Å²) in [7, 11) is -2.23. The summed E-state index contributed by atoms with van der Waals surface area (Å²) in [4.78, 5) is 0.0542. The van der Waals surface area contributed by atoms with Gasteiger partial charge in [0, 0.05) is 12.1 Å². The van der Waals surface area contributed by atoms with Gasteiger partial charge in [-0.25, -0.2) is 13.1 Å². The molecule has 0 unspecified atom stereocenters. The largest absolute Gasteiger partial charge is 0.495 e. The number of hydrogen-bond acceptors (Lipinski definition) is 4. The Bertz CT molecular complexity index is 627. The molecular weight excluding hydrogens is 290 g/mol. The van der Waals surface area contributed by atoms with Gasteiger partial charge in [0.2, 0.25) is 10.0 Å². The standard InChI is InChI=1S/C15H21NO4S/c1-12(2)8-9-16-21(18,19)15-11-13(5-4-10-17)6-7-14(15)20-3/h6-7,11-12,16-17H,8-10H2,1-3H3. The molecule has 0 fully saturated rings. The number of benzene rings is 1. The van der Waals surface area contributed by atoms with Gasteiger partial charge in [0.05, 0.1) is 7.11 Å². The van der Waals surface area contributed by atoms with Crippen LogP contribution in [0.1, 0.15) is 25.8 Å². The minimum absolute atomic E-state index is 0.0542.